The molecule has 0 saturated carbocycles. The van der Waals surface area contributed by atoms with Gasteiger partial charge in [0.1, 0.15) is 5.39 Å². The highest BCUT2D eigenvalue weighted by Crippen LogP contribution is 2.35. The second-order valence-electron chi connectivity index (χ2n) is 9.67. The lowest BCUT2D eigenvalue weighted by atomic mass is 9.96. The lowest BCUT2D eigenvalue weighted by molar-refractivity contribution is 0.0359. The summed E-state index contributed by atoms with van der Waals surface area (Å²) < 4.78 is 35.2. The van der Waals surface area contributed by atoms with Crippen LogP contribution in [0, 0.1) is 17.2 Å². The normalized spacial score (nSPS) is 22.8. The maximum absolute atomic E-state index is 13.2. The van der Waals surface area contributed by atoms with Crippen LogP contribution < -0.4 is 10.9 Å². The van der Waals surface area contributed by atoms with Crippen molar-refractivity contribution in [3.8, 4) is 6.07 Å². The van der Waals surface area contributed by atoms with Crippen LogP contribution in [0.25, 0.3) is 10.9 Å². The molecule has 35 heavy (non-hydrogen) atoms. The minimum Gasteiger partial charge on any atom is -0.379 e. The number of H-pyrrole nitrogens is 1. The van der Waals surface area contributed by atoms with Crippen molar-refractivity contribution in [2.24, 2.45) is 5.92 Å². The van der Waals surface area contributed by atoms with Crippen molar-refractivity contribution in [2.75, 3.05) is 25.1 Å². The van der Waals surface area contributed by atoms with E-state index in [0.29, 0.717) is 48.6 Å². The van der Waals surface area contributed by atoms with Crippen molar-refractivity contribution in [2.45, 2.75) is 49.6 Å². The first kappa shape index (κ1) is 23.5. The molecule has 0 radical (unpaired) electrons. The molecule has 3 aromatic rings. The molecule has 1 aromatic carbocycles. The maximum Gasteiger partial charge on any atom is 0.261 e. The number of hydrogen-bond acceptors (Lipinski definition) is 7. The van der Waals surface area contributed by atoms with Crippen molar-refractivity contribution >= 4 is 32.4 Å². The van der Waals surface area contributed by atoms with E-state index in [9.17, 15) is 18.5 Å². The van der Waals surface area contributed by atoms with E-state index < -0.39 is 15.6 Å². The van der Waals surface area contributed by atoms with Crippen LogP contribution >= 0.6 is 0 Å². The van der Waals surface area contributed by atoms with Gasteiger partial charge in [0.15, 0.2) is 5.82 Å². The first-order chi connectivity index (χ1) is 16.7. The highest BCUT2D eigenvalue weighted by molar-refractivity contribution is 7.89. The summed E-state index contributed by atoms with van der Waals surface area (Å²) in [5.41, 5.74) is 0.475. The summed E-state index contributed by atoms with van der Waals surface area (Å²) in [7, 11) is -3.61. The van der Waals surface area contributed by atoms with Gasteiger partial charge in [-0.3, -0.25) is 9.48 Å². The highest BCUT2D eigenvalue weighted by Gasteiger charge is 2.40. The molecule has 184 valence electrons. The Balaban J connectivity index is 1.48. The zero-order valence-corrected chi connectivity index (χ0v) is 20.5. The number of sulfonamides is 1. The van der Waals surface area contributed by atoms with Crippen molar-refractivity contribution in [1.82, 2.24) is 19.1 Å². The van der Waals surface area contributed by atoms with Gasteiger partial charge in [-0.25, -0.2) is 8.42 Å². The number of nitrogens with one attached hydrogen (secondary N) is 2. The Kier molecular flexibility index (Phi) is 5.91. The van der Waals surface area contributed by atoms with E-state index in [2.05, 4.69) is 21.5 Å². The quantitative estimate of drug-likeness (QED) is 0.554. The van der Waals surface area contributed by atoms with Gasteiger partial charge in [-0.1, -0.05) is 0 Å². The van der Waals surface area contributed by atoms with E-state index in [-0.39, 0.29) is 22.4 Å². The topological polar surface area (TPSA) is 133 Å². The number of fused-ring (bicyclic) bond motifs is 1. The molecule has 0 aliphatic carbocycles. The lowest BCUT2D eigenvalue weighted by Crippen LogP contribution is -2.42. The third-order valence-electron chi connectivity index (χ3n) is 6.97. The minimum atomic E-state index is -3.61. The number of anilines is 2. The molecule has 2 aliphatic rings. The molecule has 2 aromatic heterocycles. The summed E-state index contributed by atoms with van der Waals surface area (Å²) in [6.45, 7) is 5.25. The van der Waals surface area contributed by atoms with Crippen LogP contribution in [-0.4, -0.2) is 52.8 Å². The SMILES string of the molecule is CC1(C)CCCN1S(=O)(=O)c1ccc(Nc2nn([C@H]3COCC[C@@H]3C#N)c3cc[nH]c(=O)c23)cc1. The monoisotopic (exact) mass is 496 g/mol. The van der Waals surface area contributed by atoms with E-state index in [1.54, 1.807) is 45.5 Å². The zero-order valence-electron chi connectivity index (χ0n) is 19.7. The summed E-state index contributed by atoms with van der Waals surface area (Å²) >= 11 is 0. The van der Waals surface area contributed by atoms with Gasteiger partial charge in [-0.15, -0.1) is 0 Å². The van der Waals surface area contributed by atoms with Gasteiger partial charge in [0.05, 0.1) is 35.0 Å². The third kappa shape index (κ3) is 4.11. The zero-order chi connectivity index (χ0) is 24.8. The molecule has 0 bridgehead atoms. The molecule has 11 heteroatoms. The van der Waals surface area contributed by atoms with Crippen LogP contribution in [0.4, 0.5) is 11.5 Å². The highest BCUT2D eigenvalue weighted by atomic mass is 32.2. The minimum absolute atomic E-state index is 0.225. The summed E-state index contributed by atoms with van der Waals surface area (Å²) in [6, 6.07) is 10.2. The van der Waals surface area contributed by atoms with Gasteiger partial charge in [0, 0.05) is 30.6 Å². The molecule has 4 heterocycles. The number of nitrogens with zero attached hydrogens (tertiary/aromatic N) is 4. The van der Waals surface area contributed by atoms with E-state index in [1.165, 1.54) is 0 Å². The third-order valence-corrected chi connectivity index (χ3v) is 9.09. The van der Waals surface area contributed by atoms with Crippen LogP contribution in [0.3, 0.4) is 0 Å². The molecule has 0 unspecified atom stereocenters. The van der Waals surface area contributed by atoms with Crippen molar-refractivity contribution in [1.29, 1.82) is 5.26 Å². The Bertz CT molecular complexity index is 1450. The number of hydrogen-bond donors (Lipinski definition) is 2. The van der Waals surface area contributed by atoms with E-state index in [0.717, 1.165) is 12.8 Å². The van der Waals surface area contributed by atoms with Crippen LogP contribution in [-0.2, 0) is 14.8 Å². The van der Waals surface area contributed by atoms with Gasteiger partial charge < -0.3 is 15.0 Å². The average Bonchev–Trinajstić information content (AvgIpc) is 3.40. The summed E-state index contributed by atoms with van der Waals surface area (Å²) in [4.78, 5) is 15.6. The number of ether oxygens (including phenoxy) is 1. The van der Waals surface area contributed by atoms with Gasteiger partial charge in [-0.2, -0.15) is 14.7 Å². The molecule has 2 saturated heterocycles. The van der Waals surface area contributed by atoms with Gasteiger partial charge in [-0.05, 0) is 63.4 Å². The number of aromatic nitrogens is 3. The predicted octanol–water partition coefficient (Wildman–Crippen LogP) is 3.13. The van der Waals surface area contributed by atoms with Gasteiger partial charge in [0.2, 0.25) is 10.0 Å². The molecule has 2 fully saturated rings. The number of aromatic amines is 1. The summed E-state index contributed by atoms with van der Waals surface area (Å²) in [5.74, 6) is 0.0544. The Morgan fingerprint density at radius 3 is 2.71 bits per heavy atom. The molecule has 10 nitrogen and oxygen atoms in total. The van der Waals surface area contributed by atoms with Crippen LogP contribution in [0.1, 0.15) is 39.2 Å². The molecular formula is C24H28N6O4S. The smallest absolute Gasteiger partial charge is 0.261 e. The fourth-order valence-electron chi connectivity index (χ4n) is 5.06. The maximum atomic E-state index is 13.2. The molecule has 0 spiro atoms. The second kappa shape index (κ2) is 8.78. The van der Waals surface area contributed by atoms with Crippen molar-refractivity contribution in [3.05, 3.63) is 46.9 Å². The molecule has 0 amide bonds. The van der Waals surface area contributed by atoms with Crippen molar-refractivity contribution < 1.29 is 13.2 Å². The summed E-state index contributed by atoms with van der Waals surface area (Å²) in [5, 5.41) is 17.8. The van der Waals surface area contributed by atoms with Crippen molar-refractivity contribution in [3.63, 3.8) is 0 Å². The summed E-state index contributed by atoms with van der Waals surface area (Å²) in [6.07, 6.45) is 3.82. The number of nitriles is 1. The second-order valence-corrected chi connectivity index (χ2v) is 11.5. The Labute approximate surface area is 203 Å². The predicted molar refractivity (Wildman–Crippen MR) is 131 cm³/mol. The van der Waals surface area contributed by atoms with Gasteiger partial charge in [0.25, 0.3) is 5.56 Å². The van der Waals surface area contributed by atoms with E-state index in [4.69, 9.17) is 4.74 Å². The van der Waals surface area contributed by atoms with Crippen LogP contribution in [0.15, 0.2) is 46.2 Å². The fraction of sp³-hybridized carbons (Fsp3) is 0.458. The first-order valence-corrected chi connectivity index (χ1v) is 13.1. The lowest BCUT2D eigenvalue weighted by Gasteiger charge is -2.30. The Hall–Kier alpha value is -3.20. The fourth-order valence-corrected chi connectivity index (χ4v) is 6.90. The molecule has 2 N–H and O–H groups in total. The standard InChI is InChI=1S/C24H28N6O4S/c1-24(2)10-3-12-29(24)35(32,33)18-6-4-17(5-7-18)27-22-21-19(8-11-26-23(21)31)30(28-22)20-15-34-13-9-16(20)14-25/h4-8,11,16,20H,3,9-10,12-13,15H2,1-2H3,(H,26,31)(H,27,28)/t16-,20+/m1/s1. The Morgan fingerprint density at radius 1 is 1.26 bits per heavy atom. The molecule has 5 rings (SSSR count). The largest absolute Gasteiger partial charge is 0.379 e. The number of rotatable bonds is 5. The average molecular weight is 497 g/mol. The van der Waals surface area contributed by atoms with E-state index >= 15 is 0 Å². The Morgan fingerprint density at radius 2 is 2.03 bits per heavy atom. The van der Waals surface area contributed by atoms with Crippen LogP contribution in [0.2, 0.25) is 0 Å². The number of benzene rings is 1. The first-order valence-electron chi connectivity index (χ1n) is 11.7. The molecule has 2 atom stereocenters. The van der Waals surface area contributed by atoms with Gasteiger partial charge >= 0.3 is 0 Å². The molecule has 2 aliphatic heterocycles. The number of pyridine rings is 1. The molecular weight excluding hydrogens is 468 g/mol. The van der Waals surface area contributed by atoms with Crippen LogP contribution in [0.5, 0.6) is 0 Å². The van der Waals surface area contributed by atoms with E-state index in [1.807, 2.05) is 13.8 Å².